The molecule has 0 aromatic rings. The fourth-order valence-corrected chi connectivity index (χ4v) is 2.86. The Balaban J connectivity index is 1.72. The molecule has 0 aliphatic carbocycles. The van der Waals surface area contributed by atoms with Gasteiger partial charge >= 0.3 is 0 Å². The standard InChI is InChI=1S/C10H19N3S/c1-8-6-11-10(14-8)12-7-9-4-3-5-13(9)2/h8-9H,3-7H2,1-2H3,(H,11,12). The lowest BCUT2D eigenvalue weighted by molar-refractivity contribution is 0.310. The Morgan fingerprint density at radius 1 is 1.64 bits per heavy atom. The summed E-state index contributed by atoms with van der Waals surface area (Å²) < 4.78 is 0. The van der Waals surface area contributed by atoms with Gasteiger partial charge < -0.3 is 10.2 Å². The highest BCUT2D eigenvalue weighted by atomic mass is 32.2. The van der Waals surface area contributed by atoms with Crippen molar-refractivity contribution < 1.29 is 0 Å². The summed E-state index contributed by atoms with van der Waals surface area (Å²) in [5, 5.41) is 5.27. The third kappa shape index (κ3) is 2.42. The Hall–Kier alpha value is -0.220. The van der Waals surface area contributed by atoms with Crippen molar-refractivity contribution in [2.75, 3.05) is 26.7 Å². The zero-order valence-corrected chi connectivity index (χ0v) is 9.81. The van der Waals surface area contributed by atoms with Crippen LogP contribution in [0, 0.1) is 0 Å². The zero-order valence-electron chi connectivity index (χ0n) is 8.99. The number of hydrogen-bond acceptors (Lipinski definition) is 4. The molecule has 80 valence electrons. The van der Waals surface area contributed by atoms with Crippen molar-refractivity contribution in [2.24, 2.45) is 4.99 Å². The van der Waals surface area contributed by atoms with E-state index in [4.69, 9.17) is 0 Å². The van der Waals surface area contributed by atoms with E-state index in [-0.39, 0.29) is 0 Å². The van der Waals surface area contributed by atoms with Crippen LogP contribution < -0.4 is 5.32 Å². The van der Waals surface area contributed by atoms with Crippen molar-refractivity contribution in [1.29, 1.82) is 0 Å². The third-order valence-electron chi connectivity index (χ3n) is 2.97. The van der Waals surface area contributed by atoms with Gasteiger partial charge in [-0.05, 0) is 26.4 Å². The summed E-state index contributed by atoms with van der Waals surface area (Å²) in [5.74, 6) is 0. The molecule has 0 aromatic heterocycles. The van der Waals surface area contributed by atoms with Crippen LogP contribution in [0.1, 0.15) is 19.8 Å². The van der Waals surface area contributed by atoms with Gasteiger partial charge in [-0.1, -0.05) is 18.7 Å². The molecule has 0 spiro atoms. The van der Waals surface area contributed by atoms with Gasteiger partial charge in [0, 0.05) is 17.8 Å². The summed E-state index contributed by atoms with van der Waals surface area (Å²) in [7, 11) is 2.21. The summed E-state index contributed by atoms with van der Waals surface area (Å²) in [5.41, 5.74) is 0. The molecule has 2 aliphatic rings. The summed E-state index contributed by atoms with van der Waals surface area (Å²) in [4.78, 5) is 6.89. The lowest BCUT2D eigenvalue weighted by Gasteiger charge is -2.19. The molecule has 0 aromatic carbocycles. The Labute approximate surface area is 90.3 Å². The highest BCUT2D eigenvalue weighted by molar-refractivity contribution is 8.14. The number of thioether (sulfide) groups is 1. The van der Waals surface area contributed by atoms with Gasteiger partial charge in [0.15, 0.2) is 5.17 Å². The van der Waals surface area contributed by atoms with E-state index >= 15 is 0 Å². The molecule has 14 heavy (non-hydrogen) atoms. The number of aliphatic imine (C=N–C) groups is 1. The number of nitrogens with zero attached hydrogens (tertiary/aromatic N) is 2. The van der Waals surface area contributed by atoms with Crippen molar-refractivity contribution in [1.82, 2.24) is 10.2 Å². The minimum absolute atomic E-state index is 0.666. The van der Waals surface area contributed by atoms with Gasteiger partial charge in [-0.25, -0.2) is 0 Å². The first-order valence-corrected chi connectivity index (χ1v) is 6.29. The number of likely N-dealkylation sites (N-methyl/N-ethyl adjacent to an activating group) is 1. The van der Waals surface area contributed by atoms with Gasteiger partial charge in [0.1, 0.15) is 0 Å². The highest BCUT2D eigenvalue weighted by Gasteiger charge is 2.22. The molecule has 1 N–H and O–H groups in total. The van der Waals surface area contributed by atoms with Crippen LogP contribution >= 0.6 is 11.8 Å². The highest BCUT2D eigenvalue weighted by Crippen LogP contribution is 2.19. The molecule has 0 amide bonds. The second-order valence-corrected chi connectivity index (χ2v) is 5.66. The normalized spacial score (nSPS) is 33.4. The lowest BCUT2D eigenvalue weighted by atomic mass is 10.2. The fourth-order valence-electron chi connectivity index (χ4n) is 2.02. The largest absolute Gasteiger partial charge is 0.363 e. The molecule has 0 saturated carbocycles. The molecule has 3 nitrogen and oxygen atoms in total. The first-order valence-electron chi connectivity index (χ1n) is 5.41. The Morgan fingerprint density at radius 3 is 3.07 bits per heavy atom. The van der Waals surface area contributed by atoms with E-state index in [0.29, 0.717) is 11.3 Å². The van der Waals surface area contributed by atoms with Crippen LogP contribution in [0.4, 0.5) is 0 Å². The van der Waals surface area contributed by atoms with Crippen molar-refractivity contribution in [2.45, 2.75) is 31.1 Å². The molecular formula is C10H19N3S. The maximum absolute atomic E-state index is 4.45. The van der Waals surface area contributed by atoms with Crippen LogP contribution in [0.2, 0.25) is 0 Å². The quantitative estimate of drug-likeness (QED) is 0.746. The molecule has 2 unspecified atom stereocenters. The minimum atomic E-state index is 0.666. The molecule has 2 heterocycles. The van der Waals surface area contributed by atoms with E-state index in [0.717, 1.165) is 18.3 Å². The smallest absolute Gasteiger partial charge is 0.156 e. The van der Waals surface area contributed by atoms with E-state index in [1.54, 1.807) is 0 Å². The Bertz CT molecular complexity index is 229. The van der Waals surface area contributed by atoms with E-state index < -0.39 is 0 Å². The molecule has 2 aliphatic heterocycles. The first kappa shape index (κ1) is 10.3. The molecular weight excluding hydrogens is 194 g/mol. The van der Waals surface area contributed by atoms with Crippen LogP contribution in [-0.2, 0) is 0 Å². The average Bonchev–Trinajstić information content (AvgIpc) is 2.72. The van der Waals surface area contributed by atoms with Gasteiger partial charge in [-0.15, -0.1) is 0 Å². The predicted octanol–water partition coefficient (Wildman–Crippen LogP) is 1.16. The van der Waals surface area contributed by atoms with E-state index in [2.05, 4.69) is 29.2 Å². The number of nitrogens with one attached hydrogen (secondary N) is 1. The van der Waals surface area contributed by atoms with E-state index in [9.17, 15) is 0 Å². The van der Waals surface area contributed by atoms with Crippen molar-refractivity contribution in [3.63, 3.8) is 0 Å². The summed E-state index contributed by atoms with van der Waals surface area (Å²) in [6.07, 6.45) is 2.68. The summed E-state index contributed by atoms with van der Waals surface area (Å²) in [6, 6.07) is 0.717. The number of amidine groups is 1. The van der Waals surface area contributed by atoms with Crippen LogP contribution in [0.3, 0.4) is 0 Å². The zero-order chi connectivity index (χ0) is 9.97. The summed E-state index contributed by atoms with van der Waals surface area (Å²) in [6.45, 7) is 5.52. The van der Waals surface area contributed by atoms with E-state index in [1.165, 1.54) is 19.4 Å². The number of hydrogen-bond donors (Lipinski definition) is 1. The molecule has 4 heteroatoms. The van der Waals surface area contributed by atoms with Gasteiger partial charge in [-0.2, -0.15) is 0 Å². The summed E-state index contributed by atoms with van der Waals surface area (Å²) >= 11 is 1.87. The van der Waals surface area contributed by atoms with Gasteiger partial charge in [-0.3, -0.25) is 4.99 Å². The van der Waals surface area contributed by atoms with Crippen molar-refractivity contribution in [3.8, 4) is 0 Å². The Morgan fingerprint density at radius 2 is 2.50 bits per heavy atom. The molecule has 1 fully saturated rings. The van der Waals surface area contributed by atoms with E-state index in [1.807, 2.05) is 11.8 Å². The van der Waals surface area contributed by atoms with Crippen LogP contribution in [-0.4, -0.2) is 48.0 Å². The molecule has 0 radical (unpaired) electrons. The maximum Gasteiger partial charge on any atom is 0.156 e. The molecule has 2 rings (SSSR count). The molecule has 0 bridgehead atoms. The van der Waals surface area contributed by atoms with Gasteiger partial charge in [0.2, 0.25) is 0 Å². The molecule has 1 saturated heterocycles. The van der Waals surface area contributed by atoms with Crippen LogP contribution in [0.15, 0.2) is 4.99 Å². The second-order valence-electron chi connectivity index (χ2n) is 4.23. The fraction of sp³-hybridized carbons (Fsp3) is 0.900. The van der Waals surface area contributed by atoms with Crippen molar-refractivity contribution >= 4 is 16.9 Å². The van der Waals surface area contributed by atoms with Crippen molar-refractivity contribution in [3.05, 3.63) is 0 Å². The number of likely N-dealkylation sites (tertiary alicyclic amines) is 1. The van der Waals surface area contributed by atoms with Crippen LogP contribution in [0.5, 0.6) is 0 Å². The Kier molecular flexibility index (Phi) is 3.34. The predicted molar refractivity (Wildman–Crippen MR) is 63.0 cm³/mol. The first-order chi connectivity index (χ1) is 6.75. The lowest BCUT2D eigenvalue weighted by Crippen LogP contribution is -2.37. The van der Waals surface area contributed by atoms with Gasteiger partial charge in [0.05, 0.1) is 6.54 Å². The number of rotatable bonds is 2. The third-order valence-corrected chi connectivity index (χ3v) is 4.01. The average molecular weight is 213 g/mol. The topological polar surface area (TPSA) is 27.6 Å². The van der Waals surface area contributed by atoms with Gasteiger partial charge in [0.25, 0.3) is 0 Å². The van der Waals surface area contributed by atoms with Crippen LogP contribution in [0.25, 0.3) is 0 Å². The maximum atomic E-state index is 4.45. The minimum Gasteiger partial charge on any atom is -0.363 e. The molecule has 2 atom stereocenters. The monoisotopic (exact) mass is 213 g/mol. The SMILES string of the molecule is CC1CN=C(NCC2CCCN2C)S1. The second kappa shape index (κ2) is 4.53.